The number of benzene rings is 1. The largest absolute Gasteiger partial charge is 0.392 e. The molecule has 1 heterocycles. The molecule has 1 aromatic carbocycles. The van der Waals surface area contributed by atoms with Crippen LogP contribution in [0.5, 0.6) is 0 Å². The monoisotopic (exact) mass is 317 g/mol. The van der Waals surface area contributed by atoms with Crippen molar-refractivity contribution in [2.75, 3.05) is 19.7 Å². The Morgan fingerprint density at radius 1 is 1.38 bits per heavy atom. The Kier molecular flexibility index (Phi) is 5.32. The van der Waals surface area contributed by atoms with Crippen LogP contribution in [0.25, 0.3) is 0 Å². The summed E-state index contributed by atoms with van der Waals surface area (Å²) in [5.41, 5.74) is 0.374. The molecule has 1 saturated heterocycles. The second-order valence-corrected chi connectivity index (χ2v) is 6.89. The highest BCUT2D eigenvalue weighted by Gasteiger charge is 2.31. The van der Waals surface area contributed by atoms with Gasteiger partial charge in [0.2, 0.25) is 10.0 Å². The zero-order chi connectivity index (χ0) is 15.5. The molecule has 0 unspecified atom stereocenters. The van der Waals surface area contributed by atoms with Crippen LogP contribution in [0.3, 0.4) is 0 Å². The fourth-order valence-corrected chi connectivity index (χ4v) is 4.04. The molecule has 1 aliphatic rings. The number of rotatable bonds is 5. The van der Waals surface area contributed by atoms with Crippen molar-refractivity contribution in [3.8, 4) is 0 Å². The lowest BCUT2D eigenvalue weighted by Gasteiger charge is -2.31. The predicted octanol–water partition coefficient (Wildman–Crippen LogP) is 1.51. The van der Waals surface area contributed by atoms with E-state index in [1.165, 1.54) is 16.4 Å². The molecule has 1 fully saturated rings. The normalized spacial score (nSPS) is 18.0. The molecule has 0 aromatic heterocycles. The molecule has 1 aliphatic heterocycles. The Morgan fingerprint density at radius 3 is 2.62 bits per heavy atom. The van der Waals surface area contributed by atoms with Gasteiger partial charge in [-0.1, -0.05) is 6.07 Å². The Hall–Kier alpha value is -1.02. The maximum absolute atomic E-state index is 13.8. The molecular weight excluding hydrogens is 297 g/mol. The number of piperidine rings is 1. The number of ether oxygens (including phenoxy) is 1. The molecule has 2 rings (SSSR count). The van der Waals surface area contributed by atoms with Crippen molar-refractivity contribution in [1.29, 1.82) is 0 Å². The smallest absolute Gasteiger partial charge is 0.245 e. The van der Waals surface area contributed by atoms with Crippen LogP contribution in [-0.4, -0.2) is 43.6 Å². The third kappa shape index (κ3) is 3.60. The van der Waals surface area contributed by atoms with Gasteiger partial charge in [-0.05, 0) is 37.5 Å². The highest BCUT2D eigenvalue weighted by Crippen LogP contribution is 2.24. The van der Waals surface area contributed by atoms with Gasteiger partial charge in [0.25, 0.3) is 0 Å². The van der Waals surface area contributed by atoms with E-state index >= 15 is 0 Å². The molecule has 0 atom stereocenters. The van der Waals surface area contributed by atoms with E-state index in [1.54, 1.807) is 0 Å². The summed E-state index contributed by atoms with van der Waals surface area (Å²) in [7, 11) is -3.87. The summed E-state index contributed by atoms with van der Waals surface area (Å²) in [6.45, 7) is 2.81. The standard InChI is InChI=1S/C14H20FNO4S/c1-2-20-12-5-7-16(8-6-12)21(18,19)14-9-11(10-17)3-4-13(14)15/h3-4,9,12,17H,2,5-8,10H2,1H3. The van der Waals surface area contributed by atoms with Crippen LogP contribution in [0.2, 0.25) is 0 Å². The number of aliphatic hydroxyl groups is 1. The van der Waals surface area contributed by atoms with Crippen LogP contribution in [0.4, 0.5) is 4.39 Å². The first-order chi connectivity index (χ1) is 9.98. The van der Waals surface area contributed by atoms with Crippen LogP contribution >= 0.6 is 0 Å². The summed E-state index contributed by atoms with van der Waals surface area (Å²) in [5, 5.41) is 9.08. The summed E-state index contributed by atoms with van der Waals surface area (Å²) >= 11 is 0. The first kappa shape index (κ1) is 16.4. The van der Waals surface area contributed by atoms with E-state index in [0.29, 0.717) is 38.1 Å². The van der Waals surface area contributed by atoms with Crippen molar-refractivity contribution in [2.24, 2.45) is 0 Å². The maximum Gasteiger partial charge on any atom is 0.245 e. The molecule has 5 nitrogen and oxygen atoms in total. The zero-order valence-corrected chi connectivity index (χ0v) is 12.8. The van der Waals surface area contributed by atoms with Crippen LogP contribution in [-0.2, 0) is 21.4 Å². The van der Waals surface area contributed by atoms with E-state index in [0.717, 1.165) is 6.07 Å². The van der Waals surface area contributed by atoms with E-state index in [9.17, 15) is 12.8 Å². The third-order valence-electron chi connectivity index (χ3n) is 3.60. The number of sulfonamides is 1. The number of hydrogen-bond acceptors (Lipinski definition) is 4. The highest BCUT2D eigenvalue weighted by molar-refractivity contribution is 7.89. The van der Waals surface area contributed by atoms with Crippen molar-refractivity contribution < 1.29 is 22.7 Å². The van der Waals surface area contributed by atoms with E-state index < -0.39 is 15.8 Å². The molecule has 21 heavy (non-hydrogen) atoms. The van der Waals surface area contributed by atoms with Crippen LogP contribution < -0.4 is 0 Å². The predicted molar refractivity (Wildman–Crippen MR) is 75.7 cm³/mol. The zero-order valence-electron chi connectivity index (χ0n) is 12.0. The van der Waals surface area contributed by atoms with Gasteiger partial charge in [-0.2, -0.15) is 4.31 Å². The van der Waals surface area contributed by atoms with Gasteiger partial charge in [0.1, 0.15) is 10.7 Å². The van der Waals surface area contributed by atoms with E-state index in [4.69, 9.17) is 9.84 Å². The molecule has 7 heteroatoms. The summed E-state index contributed by atoms with van der Waals surface area (Å²) in [6, 6.07) is 3.64. The average molecular weight is 317 g/mol. The SMILES string of the molecule is CCOC1CCN(S(=O)(=O)c2cc(CO)ccc2F)CC1. The van der Waals surface area contributed by atoms with Crippen LogP contribution in [0.15, 0.2) is 23.1 Å². The van der Waals surface area contributed by atoms with Crippen molar-refractivity contribution in [3.63, 3.8) is 0 Å². The Morgan fingerprint density at radius 2 is 2.05 bits per heavy atom. The van der Waals surface area contributed by atoms with Gasteiger partial charge in [0, 0.05) is 19.7 Å². The lowest BCUT2D eigenvalue weighted by atomic mass is 10.1. The van der Waals surface area contributed by atoms with Crippen molar-refractivity contribution in [1.82, 2.24) is 4.31 Å². The first-order valence-electron chi connectivity index (χ1n) is 7.00. The minimum atomic E-state index is -3.87. The van der Waals surface area contributed by atoms with Gasteiger partial charge in [-0.25, -0.2) is 12.8 Å². The Bertz CT molecular complexity index is 583. The van der Waals surface area contributed by atoms with Gasteiger partial charge >= 0.3 is 0 Å². The Labute approximate surface area is 124 Å². The minimum absolute atomic E-state index is 0.0649. The van der Waals surface area contributed by atoms with E-state index in [1.807, 2.05) is 6.92 Å². The molecule has 0 spiro atoms. The Balaban J connectivity index is 2.19. The molecular formula is C14H20FNO4S. The number of aliphatic hydroxyl groups excluding tert-OH is 1. The second kappa shape index (κ2) is 6.83. The van der Waals surface area contributed by atoms with Crippen LogP contribution in [0, 0.1) is 5.82 Å². The molecule has 1 aromatic rings. The second-order valence-electron chi connectivity index (χ2n) is 4.98. The van der Waals surface area contributed by atoms with E-state index in [-0.39, 0.29) is 17.6 Å². The number of hydrogen-bond donors (Lipinski definition) is 1. The lowest BCUT2D eigenvalue weighted by molar-refractivity contribution is 0.0290. The summed E-state index contributed by atoms with van der Waals surface area (Å²) in [6.07, 6.45) is 1.28. The van der Waals surface area contributed by atoms with Gasteiger partial charge < -0.3 is 9.84 Å². The third-order valence-corrected chi connectivity index (χ3v) is 5.51. The molecule has 118 valence electrons. The average Bonchev–Trinajstić information content (AvgIpc) is 2.48. The maximum atomic E-state index is 13.8. The number of halogens is 1. The summed E-state index contributed by atoms with van der Waals surface area (Å²) in [5.74, 6) is -0.792. The summed E-state index contributed by atoms with van der Waals surface area (Å²) < 4.78 is 45.6. The highest BCUT2D eigenvalue weighted by atomic mass is 32.2. The summed E-state index contributed by atoms with van der Waals surface area (Å²) in [4.78, 5) is -0.371. The fraction of sp³-hybridized carbons (Fsp3) is 0.571. The van der Waals surface area contributed by atoms with Gasteiger partial charge in [-0.15, -0.1) is 0 Å². The van der Waals surface area contributed by atoms with Gasteiger partial charge in [-0.3, -0.25) is 0 Å². The van der Waals surface area contributed by atoms with Gasteiger partial charge in [0.15, 0.2) is 0 Å². The van der Waals surface area contributed by atoms with Crippen LogP contribution in [0.1, 0.15) is 25.3 Å². The topological polar surface area (TPSA) is 66.8 Å². The molecule has 0 saturated carbocycles. The number of nitrogens with zero attached hydrogens (tertiary/aromatic N) is 1. The molecule has 0 aliphatic carbocycles. The minimum Gasteiger partial charge on any atom is -0.392 e. The molecule has 0 radical (unpaired) electrons. The van der Waals surface area contributed by atoms with Crippen molar-refractivity contribution >= 4 is 10.0 Å². The first-order valence-corrected chi connectivity index (χ1v) is 8.44. The van der Waals surface area contributed by atoms with E-state index in [2.05, 4.69) is 0 Å². The molecule has 0 bridgehead atoms. The fourth-order valence-electron chi connectivity index (χ4n) is 2.46. The lowest BCUT2D eigenvalue weighted by Crippen LogP contribution is -2.41. The quantitative estimate of drug-likeness (QED) is 0.894. The van der Waals surface area contributed by atoms with Crippen molar-refractivity contribution in [3.05, 3.63) is 29.6 Å². The van der Waals surface area contributed by atoms with Crippen molar-refractivity contribution in [2.45, 2.75) is 37.4 Å². The molecule has 0 amide bonds. The van der Waals surface area contributed by atoms with Gasteiger partial charge in [0.05, 0.1) is 12.7 Å². The molecule has 1 N–H and O–H groups in total.